The Morgan fingerprint density at radius 3 is 2.50 bits per heavy atom. The molecule has 0 radical (unpaired) electrons. The van der Waals surface area contributed by atoms with Crippen LogP contribution in [0.2, 0.25) is 5.02 Å². The standard InChI is InChI=1S/C19H24ClNO3/c1-3-22-12-13-23-17-10-8-16(9-11-17)21-14-15(2)24-19-7-5-4-6-18(19)20/h4-11,15,21H,3,12-14H2,1-2H3. The Morgan fingerprint density at radius 2 is 1.79 bits per heavy atom. The fourth-order valence-corrected chi connectivity index (χ4v) is 2.27. The maximum atomic E-state index is 6.10. The van der Waals surface area contributed by atoms with Crippen molar-refractivity contribution in [1.82, 2.24) is 0 Å². The third kappa shape index (κ3) is 6.30. The van der Waals surface area contributed by atoms with Crippen LogP contribution in [-0.2, 0) is 4.74 Å². The summed E-state index contributed by atoms with van der Waals surface area (Å²) >= 11 is 6.10. The van der Waals surface area contributed by atoms with E-state index in [-0.39, 0.29) is 6.10 Å². The summed E-state index contributed by atoms with van der Waals surface area (Å²) < 4.78 is 16.7. The molecule has 2 aromatic rings. The van der Waals surface area contributed by atoms with E-state index in [0.29, 0.717) is 37.1 Å². The zero-order chi connectivity index (χ0) is 17.2. The van der Waals surface area contributed by atoms with Crippen LogP contribution in [0, 0.1) is 0 Å². The molecule has 5 heteroatoms. The minimum atomic E-state index is -0.00739. The Bertz CT molecular complexity index is 604. The summed E-state index contributed by atoms with van der Waals surface area (Å²) in [5.74, 6) is 1.53. The second-order valence-corrected chi connectivity index (χ2v) is 5.72. The van der Waals surface area contributed by atoms with Gasteiger partial charge in [-0.1, -0.05) is 23.7 Å². The molecular weight excluding hydrogens is 326 g/mol. The molecule has 0 heterocycles. The largest absolute Gasteiger partial charge is 0.491 e. The first-order valence-electron chi connectivity index (χ1n) is 8.14. The van der Waals surface area contributed by atoms with Crippen molar-refractivity contribution < 1.29 is 14.2 Å². The second-order valence-electron chi connectivity index (χ2n) is 5.31. The van der Waals surface area contributed by atoms with Gasteiger partial charge in [-0.25, -0.2) is 0 Å². The van der Waals surface area contributed by atoms with Crippen molar-refractivity contribution in [3.63, 3.8) is 0 Å². The molecule has 1 N–H and O–H groups in total. The summed E-state index contributed by atoms with van der Waals surface area (Å²) in [4.78, 5) is 0. The first kappa shape index (κ1) is 18.4. The summed E-state index contributed by atoms with van der Waals surface area (Å²) in [6.45, 7) is 6.52. The molecule has 0 aromatic heterocycles. The zero-order valence-electron chi connectivity index (χ0n) is 14.1. The van der Waals surface area contributed by atoms with Crippen molar-refractivity contribution in [2.75, 3.05) is 31.7 Å². The number of hydrogen-bond acceptors (Lipinski definition) is 4. The Morgan fingerprint density at radius 1 is 1.04 bits per heavy atom. The molecular formula is C19H24ClNO3. The van der Waals surface area contributed by atoms with Crippen molar-refractivity contribution in [2.45, 2.75) is 20.0 Å². The van der Waals surface area contributed by atoms with Crippen LogP contribution in [0.1, 0.15) is 13.8 Å². The van der Waals surface area contributed by atoms with Crippen LogP contribution in [0.25, 0.3) is 0 Å². The van der Waals surface area contributed by atoms with Crippen LogP contribution in [-0.4, -0.2) is 32.5 Å². The Kier molecular flexibility index (Phi) is 7.72. The molecule has 1 atom stereocenters. The van der Waals surface area contributed by atoms with Crippen molar-refractivity contribution >= 4 is 17.3 Å². The van der Waals surface area contributed by atoms with Gasteiger partial charge >= 0.3 is 0 Å². The van der Waals surface area contributed by atoms with E-state index in [1.54, 1.807) is 0 Å². The molecule has 2 rings (SSSR count). The third-order valence-electron chi connectivity index (χ3n) is 3.31. The predicted molar refractivity (Wildman–Crippen MR) is 98.5 cm³/mol. The minimum absolute atomic E-state index is 0.00739. The Labute approximate surface area is 148 Å². The molecule has 0 aliphatic rings. The quantitative estimate of drug-likeness (QED) is 0.634. The molecule has 0 saturated carbocycles. The lowest BCUT2D eigenvalue weighted by molar-refractivity contribution is 0.110. The van der Waals surface area contributed by atoms with Crippen LogP contribution in [0.15, 0.2) is 48.5 Å². The molecule has 4 nitrogen and oxygen atoms in total. The number of halogens is 1. The van der Waals surface area contributed by atoms with E-state index in [1.165, 1.54) is 0 Å². The van der Waals surface area contributed by atoms with E-state index in [4.69, 9.17) is 25.8 Å². The lowest BCUT2D eigenvalue weighted by Crippen LogP contribution is -2.22. The number of ether oxygens (including phenoxy) is 3. The van der Waals surface area contributed by atoms with E-state index in [9.17, 15) is 0 Å². The summed E-state index contributed by atoms with van der Waals surface area (Å²) in [6.07, 6.45) is -0.00739. The highest BCUT2D eigenvalue weighted by molar-refractivity contribution is 6.32. The van der Waals surface area contributed by atoms with Crippen molar-refractivity contribution in [1.29, 1.82) is 0 Å². The molecule has 2 aromatic carbocycles. The number of rotatable bonds is 10. The average molecular weight is 350 g/mol. The normalized spacial score (nSPS) is 11.8. The van der Waals surface area contributed by atoms with E-state index in [2.05, 4.69) is 5.32 Å². The van der Waals surface area contributed by atoms with Crippen molar-refractivity contribution in [3.8, 4) is 11.5 Å². The first-order valence-corrected chi connectivity index (χ1v) is 8.52. The van der Waals surface area contributed by atoms with Gasteiger partial charge in [-0.05, 0) is 50.2 Å². The van der Waals surface area contributed by atoms with Gasteiger partial charge in [0.1, 0.15) is 24.2 Å². The molecule has 0 spiro atoms. The topological polar surface area (TPSA) is 39.7 Å². The summed E-state index contributed by atoms with van der Waals surface area (Å²) in [5.41, 5.74) is 1.02. The van der Waals surface area contributed by atoms with Gasteiger partial charge in [-0.15, -0.1) is 0 Å². The lowest BCUT2D eigenvalue weighted by Gasteiger charge is -2.17. The summed E-state index contributed by atoms with van der Waals surface area (Å²) in [7, 11) is 0. The van der Waals surface area contributed by atoms with E-state index >= 15 is 0 Å². The highest BCUT2D eigenvalue weighted by atomic mass is 35.5. The lowest BCUT2D eigenvalue weighted by atomic mass is 10.3. The van der Waals surface area contributed by atoms with Crippen LogP contribution in [0.5, 0.6) is 11.5 Å². The molecule has 0 fully saturated rings. The van der Waals surface area contributed by atoms with Crippen LogP contribution >= 0.6 is 11.6 Å². The van der Waals surface area contributed by atoms with E-state index in [0.717, 1.165) is 11.4 Å². The number of para-hydroxylation sites is 1. The van der Waals surface area contributed by atoms with Crippen molar-refractivity contribution in [3.05, 3.63) is 53.6 Å². The maximum absolute atomic E-state index is 6.10. The SMILES string of the molecule is CCOCCOc1ccc(NCC(C)Oc2ccccc2Cl)cc1. The zero-order valence-corrected chi connectivity index (χ0v) is 14.9. The number of anilines is 1. The molecule has 130 valence electrons. The highest BCUT2D eigenvalue weighted by Gasteiger charge is 2.07. The molecule has 0 bridgehead atoms. The van der Waals surface area contributed by atoms with Gasteiger partial charge in [-0.2, -0.15) is 0 Å². The number of benzene rings is 2. The smallest absolute Gasteiger partial charge is 0.138 e. The third-order valence-corrected chi connectivity index (χ3v) is 3.63. The fourth-order valence-electron chi connectivity index (χ4n) is 2.09. The molecule has 0 aliphatic heterocycles. The van der Waals surface area contributed by atoms with Crippen molar-refractivity contribution in [2.24, 2.45) is 0 Å². The Hall–Kier alpha value is -1.91. The summed E-state index contributed by atoms with van der Waals surface area (Å²) in [6, 6.07) is 15.3. The molecule has 0 saturated heterocycles. The second kappa shape index (κ2) is 10.1. The summed E-state index contributed by atoms with van der Waals surface area (Å²) in [5, 5.41) is 3.96. The van der Waals surface area contributed by atoms with Gasteiger partial charge < -0.3 is 19.5 Å². The molecule has 1 unspecified atom stereocenters. The maximum Gasteiger partial charge on any atom is 0.138 e. The van der Waals surface area contributed by atoms with Crippen LogP contribution in [0.3, 0.4) is 0 Å². The van der Waals surface area contributed by atoms with Gasteiger partial charge in [0, 0.05) is 12.3 Å². The first-order chi connectivity index (χ1) is 11.7. The highest BCUT2D eigenvalue weighted by Crippen LogP contribution is 2.24. The molecule has 0 aliphatic carbocycles. The van der Waals surface area contributed by atoms with Gasteiger partial charge in [0.15, 0.2) is 0 Å². The molecule has 0 amide bonds. The van der Waals surface area contributed by atoms with Gasteiger partial charge in [0.05, 0.1) is 18.2 Å². The number of nitrogens with one attached hydrogen (secondary N) is 1. The van der Waals surface area contributed by atoms with Gasteiger partial charge in [-0.3, -0.25) is 0 Å². The van der Waals surface area contributed by atoms with E-state index < -0.39 is 0 Å². The fraction of sp³-hybridized carbons (Fsp3) is 0.368. The minimum Gasteiger partial charge on any atom is -0.491 e. The van der Waals surface area contributed by atoms with Crippen LogP contribution < -0.4 is 14.8 Å². The monoisotopic (exact) mass is 349 g/mol. The number of hydrogen-bond donors (Lipinski definition) is 1. The molecule has 24 heavy (non-hydrogen) atoms. The Balaban J connectivity index is 1.74. The van der Waals surface area contributed by atoms with Gasteiger partial charge in [0.2, 0.25) is 0 Å². The predicted octanol–water partition coefficient (Wildman–Crippen LogP) is 4.63. The van der Waals surface area contributed by atoms with Crippen LogP contribution in [0.4, 0.5) is 5.69 Å². The van der Waals surface area contributed by atoms with Gasteiger partial charge in [0.25, 0.3) is 0 Å². The average Bonchev–Trinajstić information content (AvgIpc) is 2.60. The van der Waals surface area contributed by atoms with E-state index in [1.807, 2.05) is 62.4 Å².